The van der Waals surface area contributed by atoms with Crippen molar-refractivity contribution in [3.8, 4) is 0 Å². The molecule has 1 aliphatic rings. The van der Waals surface area contributed by atoms with Gasteiger partial charge in [0, 0.05) is 12.0 Å². The summed E-state index contributed by atoms with van der Waals surface area (Å²) in [5, 5.41) is 0. The summed E-state index contributed by atoms with van der Waals surface area (Å²) in [6.45, 7) is 7.57. The van der Waals surface area contributed by atoms with Gasteiger partial charge < -0.3 is 0 Å². The highest BCUT2D eigenvalue weighted by Gasteiger charge is 2.40. The van der Waals surface area contributed by atoms with E-state index in [1.54, 1.807) is 0 Å². The van der Waals surface area contributed by atoms with E-state index >= 15 is 0 Å². The van der Waals surface area contributed by atoms with Gasteiger partial charge in [0.1, 0.15) is 0 Å². The molecular weight excluding hydrogens is 154 g/mol. The molecular formula is C9H13NO2. The van der Waals surface area contributed by atoms with Crippen molar-refractivity contribution < 1.29 is 9.59 Å². The van der Waals surface area contributed by atoms with Gasteiger partial charge in [-0.25, -0.2) is 0 Å². The number of hydrogen-bond donors (Lipinski definition) is 0. The fourth-order valence-corrected chi connectivity index (χ4v) is 1.29. The Labute approximate surface area is 72.0 Å². The van der Waals surface area contributed by atoms with Crippen molar-refractivity contribution in [3.63, 3.8) is 0 Å². The first-order valence-corrected chi connectivity index (χ1v) is 3.97. The van der Waals surface area contributed by atoms with Crippen LogP contribution in [0.5, 0.6) is 0 Å². The topological polar surface area (TPSA) is 37.4 Å². The third-order valence-corrected chi connectivity index (χ3v) is 2.23. The van der Waals surface area contributed by atoms with Crippen molar-refractivity contribution in [1.82, 2.24) is 4.90 Å². The van der Waals surface area contributed by atoms with Gasteiger partial charge in [-0.2, -0.15) is 0 Å². The lowest BCUT2D eigenvalue weighted by Gasteiger charge is -2.16. The molecule has 0 aliphatic carbocycles. The minimum absolute atomic E-state index is 0.0904. The number of carbonyl (C=O) groups excluding carboxylic acids is 2. The maximum absolute atomic E-state index is 11.5. The Morgan fingerprint density at radius 2 is 2.25 bits per heavy atom. The molecule has 66 valence electrons. The Morgan fingerprint density at radius 3 is 2.58 bits per heavy atom. The molecule has 12 heavy (non-hydrogen) atoms. The van der Waals surface area contributed by atoms with Crippen LogP contribution in [-0.4, -0.2) is 23.3 Å². The second-order valence-corrected chi connectivity index (χ2v) is 3.63. The molecule has 1 saturated heterocycles. The third-order valence-electron chi connectivity index (χ3n) is 2.23. The van der Waals surface area contributed by atoms with E-state index in [-0.39, 0.29) is 17.2 Å². The minimum Gasteiger partial charge on any atom is -0.279 e. The van der Waals surface area contributed by atoms with Gasteiger partial charge in [0.2, 0.25) is 5.91 Å². The van der Waals surface area contributed by atoms with Crippen LogP contribution in [0.2, 0.25) is 0 Å². The Morgan fingerprint density at radius 1 is 1.67 bits per heavy atom. The molecule has 0 saturated carbocycles. The van der Waals surface area contributed by atoms with Gasteiger partial charge in [-0.05, 0) is 12.5 Å². The van der Waals surface area contributed by atoms with Crippen molar-refractivity contribution >= 4 is 11.8 Å². The zero-order valence-corrected chi connectivity index (χ0v) is 7.46. The van der Waals surface area contributed by atoms with Gasteiger partial charge in [0.05, 0.1) is 0 Å². The molecule has 0 aromatic carbocycles. The molecule has 0 aromatic rings. The van der Waals surface area contributed by atoms with Crippen LogP contribution in [0, 0.1) is 5.41 Å². The van der Waals surface area contributed by atoms with Gasteiger partial charge in [0.15, 0.2) is 0 Å². The smallest absolute Gasteiger partial charge is 0.252 e. The highest BCUT2D eigenvalue weighted by Crippen LogP contribution is 2.30. The molecule has 0 N–H and O–H groups in total. The Balaban J connectivity index is 2.81. The molecule has 0 radical (unpaired) electrons. The molecule has 0 spiro atoms. The molecule has 0 bridgehead atoms. The van der Waals surface area contributed by atoms with Crippen LogP contribution in [0.4, 0.5) is 0 Å². The van der Waals surface area contributed by atoms with E-state index < -0.39 is 0 Å². The van der Waals surface area contributed by atoms with Crippen LogP contribution in [-0.2, 0) is 9.59 Å². The fourth-order valence-electron chi connectivity index (χ4n) is 1.29. The summed E-state index contributed by atoms with van der Waals surface area (Å²) in [7, 11) is 0. The number of amides is 2. The molecule has 3 nitrogen and oxygen atoms in total. The normalized spacial score (nSPS) is 21.2. The predicted molar refractivity (Wildman–Crippen MR) is 45.3 cm³/mol. The molecule has 1 rings (SSSR count). The van der Waals surface area contributed by atoms with E-state index in [4.69, 9.17) is 0 Å². The molecule has 3 heteroatoms. The minimum atomic E-state index is -0.376. The van der Waals surface area contributed by atoms with E-state index in [1.807, 2.05) is 13.8 Å². The average molecular weight is 167 g/mol. The first kappa shape index (κ1) is 8.97. The van der Waals surface area contributed by atoms with Gasteiger partial charge in [-0.1, -0.05) is 20.4 Å². The fraction of sp³-hybridized carbons (Fsp3) is 0.556. The second kappa shape index (κ2) is 2.73. The van der Waals surface area contributed by atoms with Gasteiger partial charge in [0.25, 0.3) is 5.91 Å². The molecule has 0 unspecified atom stereocenters. The quantitative estimate of drug-likeness (QED) is 0.545. The summed E-state index contributed by atoms with van der Waals surface area (Å²) < 4.78 is 0. The van der Waals surface area contributed by atoms with Crippen LogP contribution in [0.1, 0.15) is 20.3 Å². The summed E-state index contributed by atoms with van der Waals surface area (Å²) in [6.07, 6.45) is 1.92. The standard InChI is InChI=1S/C9H13NO2/c1-4-7(11)10-6-5-9(2,3)8(10)12/h4H,1,5-6H2,2-3H3. The van der Waals surface area contributed by atoms with Crippen LogP contribution >= 0.6 is 0 Å². The van der Waals surface area contributed by atoms with Crippen LogP contribution in [0.25, 0.3) is 0 Å². The molecule has 1 aliphatic heterocycles. The van der Waals surface area contributed by atoms with Gasteiger partial charge in [-0.3, -0.25) is 14.5 Å². The molecule has 1 fully saturated rings. The summed E-state index contributed by atoms with van der Waals surface area (Å²) in [5.41, 5.74) is -0.376. The van der Waals surface area contributed by atoms with E-state index in [0.29, 0.717) is 6.54 Å². The highest BCUT2D eigenvalue weighted by molar-refractivity contribution is 6.03. The SMILES string of the molecule is C=CC(=O)N1CCC(C)(C)C1=O. The lowest BCUT2D eigenvalue weighted by molar-refractivity contribution is -0.142. The Hall–Kier alpha value is -1.12. The number of hydrogen-bond acceptors (Lipinski definition) is 2. The van der Waals surface area contributed by atoms with Gasteiger partial charge in [-0.15, -0.1) is 0 Å². The molecule has 2 amide bonds. The second-order valence-electron chi connectivity index (χ2n) is 3.63. The molecule has 0 aromatic heterocycles. The zero-order chi connectivity index (χ0) is 9.35. The van der Waals surface area contributed by atoms with Crippen molar-refractivity contribution in [2.45, 2.75) is 20.3 Å². The summed E-state index contributed by atoms with van der Waals surface area (Å²) in [6, 6.07) is 0. The number of rotatable bonds is 1. The predicted octanol–water partition coefficient (Wildman–Crippen LogP) is 0.958. The highest BCUT2D eigenvalue weighted by atomic mass is 16.2. The first-order valence-electron chi connectivity index (χ1n) is 3.97. The Kier molecular flexibility index (Phi) is 2.04. The van der Waals surface area contributed by atoms with Crippen LogP contribution in [0.15, 0.2) is 12.7 Å². The van der Waals surface area contributed by atoms with E-state index in [2.05, 4.69) is 6.58 Å². The van der Waals surface area contributed by atoms with Crippen molar-refractivity contribution in [2.24, 2.45) is 5.41 Å². The summed E-state index contributed by atoms with van der Waals surface area (Å²) >= 11 is 0. The van der Waals surface area contributed by atoms with Crippen molar-refractivity contribution in [2.75, 3.05) is 6.54 Å². The molecule has 0 atom stereocenters. The van der Waals surface area contributed by atoms with Crippen molar-refractivity contribution in [3.05, 3.63) is 12.7 Å². The number of imide groups is 1. The van der Waals surface area contributed by atoms with E-state index in [9.17, 15) is 9.59 Å². The lowest BCUT2D eigenvalue weighted by atomic mass is 9.92. The van der Waals surface area contributed by atoms with E-state index in [0.717, 1.165) is 6.42 Å². The third kappa shape index (κ3) is 1.26. The summed E-state index contributed by atoms with van der Waals surface area (Å²) in [4.78, 5) is 23.8. The number of carbonyl (C=O) groups is 2. The van der Waals surface area contributed by atoms with Gasteiger partial charge >= 0.3 is 0 Å². The average Bonchev–Trinajstić information content (AvgIpc) is 2.27. The van der Waals surface area contributed by atoms with E-state index in [1.165, 1.54) is 11.0 Å². The van der Waals surface area contributed by atoms with Crippen LogP contribution in [0.3, 0.4) is 0 Å². The number of nitrogens with zero attached hydrogens (tertiary/aromatic N) is 1. The zero-order valence-electron chi connectivity index (χ0n) is 7.46. The van der Waals surface area contributed by atoms with Crippen LogP contribution < -0.4 is 0 Å². The summed E-state index contributed by atoms with van der Waals surface area (Å²) in [5.74, 6) is -0.377. The largest absolute Gasteiger partial charge is 0.279 e. The maximum atomic E-state index is 11.5. The number of likely N-dealkylation sites (tertiary alicyclic amines) is 1. The van der Waals surface area contributed by atoms with Crippen molar-refractivity contribution in [1.29, 1.82) is 0 Å². The Bertz CT molecular complexity index is 243. The lowest BCUT2D eigenvalue weighted by Crippen LogP contribution is -2.34. The monoisotopic (exact) mass is 167 g/mol. The first-order chi connectivity index (χ1) is 5.49. The maximum Gasteiger partial charge on any atom is 0.252 e. The molecule has 1 heterocycles.